The molecule has 2 aliphatic rings. The van der Waals surface area contributed by atoms with Crippen molar-refractivity contribution in [2.45, 2.75) is 26.8 Å². The maximum atomic E-state index is 12.6. The maximum Gasteiger partial charge on any atom is 0.318 e. The van der Waals surface area contributed by atoms with Gasteiger partial charge in [-0.05, 0) is 39.1 Å². The van der Waals surface area contributed by atoms with E-state index >= 15 is 0 Å². The Bertz CT molecular complexity index is 1270. The van der Waals surface area contributed by atoms with E-state index in [-0.39, 0.29) is 5.91 Å². The van der Waals surface area contributed by atoms with E-state index in [0.717, 1.165) is 49.7 Å². The van der Waals surface area contributed by atoms with Crippen molar-refractivity contribution >= 4 is 29.6 Å². The molecule has 1 aromatic heterocycles. The third-order valence-corrected chi connectivity index (χ3v) is 6.84. The van der Waals surface area contributed by atoms with Crippen molar-refractivity contribution in [1.82, 2.24) is 19.8 Å². The molecule has 1 aromatic carbocycles. The minimum absolute atomic E-state index is 0.0677. The zero-order chi connectivity index (χ0) is 29.1. The van der Waals surface area contributed by atoms with E-state index < -0.39 is 0 Å². The Labute approximate surface area is 238 Å². The summed E-state index contributed by atoms with van der Waals surface area (Å²) in [6.45, 7) is 12.6. The second-order valence-corrected chi connectivity index (χ2v) is 9.82. The predicted molar refractivity (Wildman–Crippen MR) is 162 cm³/mol. The summed E-state index contributed by atoms with van der Waals surface area (Å²) < 4.78 is 5.50. The van der Waals surface area contributed by atoms with Gasteiger partial charge in [0.25, 0.3) is 0 Å². The Morgan fingerprint density at radius 2 is 1.90 bits per heavy atom. The number of likely N-dealkylation sites (N-methyl/N-ethyl adjacent to an activating group) is 1. The van der Waals surface area contributed by atoms with Gasteiger partial charge in [0.05, 0.1) is 25.4 Å². The van der Waals surface area contributed by atoms with Crippen molar-refractivity contribution in [3.8, 4) is 12.1 Å². The molecule has 4 rings (SSSR count). The van der Waals surface area contributed by atoms with Crippen molar-refractivity contribution in [2.24, 2.45) is 0 Å². The van der Waals surface area contributed by atoms with Crippen LogP contribution < -0.4 is 14.5 Å². The zero-order valence-corrected chi connectivity index (χ0v) is 24.4. The number of piperazine rings is 1. The molecule has 40 heavy (non-hydrogen) atoms. The highest BCUT2D eigenvalue weighted by Gasteiger charge is 2.29. The van der Waals surface area contributed by atoms with Gasteiger partial charge in [0, 0.05) is 69.1 Å². The molecule has 9 heteroatoms. The lowest BCUT2D eigenvalue weighted by Gasteiger charge is -2.38. The summed E-state index contributed by atoms with van der Waals surface area (Å²) in [6.07, 6.45) is 10.6. The quantitative estimate of drug-likeness (QED) is 0.462. The third kappa shape index (κ3) is 7.48. The lowest BCUT2D eigenvalue weighted by atomic mass is 10.00. The number of carbonyl (C=O) groups excluding carboxylic acids is 1. The second-order valence-electron chi connectivity index (χ2n) is 9.82. The Hall–Kier alpha value is -4.16. The highest BCUT2D eigenvalue weighted by atomic mass is 16.5. The molecule has 0 N–H and O–H groups in total. The third-order valence-electron chi connectivity index (χ3n) is 6.84. The number of benzene rings is 1. The van der Waals surface area contributed by atoms with E-state index in [1.165, 1.54) is 23.7 Å². The number of anilines is 2. The van der Waals surface area contributed by atoms with Crippen LogP contribution in [0.5, 0.6) is 6.01 Å². The van der Waals surface area contributed by atoms with E-state index in [4.69, 9.17) is 20.0 Å². The molecule has 0 unspecified atom stereocenters. The molecule has 0 aliphatic carbocycles. The minimum Gasteiger partial charge on any atom is -0.467 e. The molecule has 0 atom stereocenters. The van der Waals surface area contributed by atoms with Gasteiger partial charge in [-0.25, -0.2) is 0 Å². The smallest absolute Gasteiger partial charge is 0.318 e. The summed E-state index contributed by atoms with van der Waals surface area (Å²) in [4.78, 5) is 30.7. The van der Waals surface area contributed by atoms with Gasteiger partial charge >= 0.3 is 6.01 Å². The number of aromatic nitrogens is 2. The van der Waals surface area contributed by atoms with Gasteiger partial charge in [-0.1, -0.05) is 43.0 Å². The highest BCUT2D eigenvalue weighted by molar-refractivity contribution is 5.87. The van der Waals surface area contributed by atoms with Gasteiger partial charge in [-0.15, -0.1) is 0 Å². The fraction of sp³-hybridized carbons (Fsp3) is 0.419. The summed E-state index contributed by atoms with van der Waals surface area (Å²) in [5, 5.41) is 7.32. The molecule has 0 bridgehead atoms. The van der Waals surface area contributed by atoms with Crippen LogP contribution in [0.1, 0.15) is 36.2 Å². The zero-order valence-electron chi connectivity index (χ0n) is 24.4. The summed E-state index contributed by atoms with van der Waals surface area (Å²) in [5.41, 5.74) is 5.63. The lowest BCUT2D eigenvalue weighted by Crippen LogP contribution is -2.49. The number of fused-ring (bicyclic) bond motifs is 1. The fourth-order valence-corrected chi connectivity index (χ4v) is 4.93. The van der Waals surface area contributed by atoms with Gasteiger partial charge in [0.15, 0.2) is 0 Å². The molecule has 0 spiro atoms. The van der Waals surface area contributed by atoms with Crippen LogP contribution in [0.15, 0.2) is 43.0 Å². The average Bonchev–Trinajstić information content (AvgIpc) is 2.96. The predicted octanol–water partition coefficient (Wildman–Crippen LogP) is 4.02. The summed E-state index contributed by atoms with van der Waals surface area (Å²) in [5.74, 6) is 1.00. The van der Waals surface area contributed by atoms with Crippen LogP contribution >= 0.6 is 0 Å². The first-order valence-electron chi connectivity index (χ1n) is 13.6. The SMILES string of the molecule is C=Cc1cccc(N2CCc3c(nc(OC)nc3N3CCN(C(=O)/C=C/CN(C)C)CC3)C2)c1/C=C\C.CC#N. The minimum atomic E-state index is 0.0677. The van der Waals surface area contributed by atoms with Gasteiger partial charge in [-0.2, -0.15) is 15.2 Å². The van der Waals surface area contributed by atoms with Gasteiger partial charge in [-0.3, -0.25) is 4.79 Å². The summed E-state index contributed by atoms with van der Waals surface area (Å²) in [7, 11) is 5.59. The van der Waals surface area contributed by atoms with E-state index in [1.54, 1.807) is 19.3 Å². The number of ether oxygens (including phenoxy) is 1. The number of rotatable bonds is 8. The summed E-state index contributed by atoms with van der Waals surface area (Å²) >= 11 is 0. The van der Waals surface area contributed by atoms with Crippen LogP contribution in [0.25, 0.3) is 12.2 Å². The first-order valence-corrected chi connectivity index (χ1v) is 13.6. The van der Waals surface area contributed by atoms with E-state index in [9.17, 15) is 4.79 Å². The molecule has 1 saturated heterocycles. The molecule has 2 aliphatic heterocycles. The Morgan fingerprint density at radius 3 is 2.52 bits per heavy atom. The van der Waals surface area contributed by atoms with Gasteiger partial charge in [0.2, 0.25) is 5.91 Å². The number of nitrogens with zero attached hydrogens (tertiary/aromatic N) is 7. The number of hydrogen-bond donors (Lipinski definition) is 0. The van der Waals surface area contributed by atoms with Crippen molar-refractivity contribution in [1.29, 1.82) is 5.26 Å². The molecule has 212 valence electrons. The Balaban J connectivity index is 0.00000141. The van der Waals surface area contributed by atoms with Crippen LogP contribution in [0.3, 0.4) is 0 Å². The molecule has 2 aromatic rings. The molecular weight excluding hydrogens is 502 g/mol. The van der Waals surface area contributed by atoms with Crippen LogP contribution in [-0.4, -0.2) is 86.1 Å². The molecule has 1 fully saturated rings. The van der Waals surface area contributed by atoms with Crippen LogP contribution in [0.4, 0.5) is 11.5 Å². The Kier molecular flexibility index (Phi) is 11.3. The van der Waals surface area contributed by atoms with Crippen molar-refractivity contribution in [3.63, 3.8) is 0 Å². The molecule has 0 radical (unpaired) electrons. The standard InChI is InChI=1S/C29H38N6O2.C2H3N/c1-6-10-23-22(7-2)11-8-12-26(23)35-16-14-24-25(21-35)30-29(37-5)31-28(24)34-19-17-33(18-20-34)27(36)13-9-15-32(3)4;1-2-3/h6-13H,2,14-21H2,1,3-5H3;1H3/b10-6-,13-9+;. The molecular formula is C31H41N7O2. The number of hydrogen-bond acceptors (Lipinski definition) is 8. The molecule has 3 heterocycles. The van der Waals surface area contributed by atoms with E-state index in [2.05, 4.69) is 46.7 Å². The van der Waals surface area contributed by atoms with Gasteiger partial charge < -0.3 is 24.3 Å². The number of allylic oxidation sites excluding steroid dienone is 1. The van der Waals surface area contributed by atoms with Crippen molar-refractivity contribution < 1.29 is 9.53 Å². The first kappa shape index (κ1) is 30.4. The average molecular weight is 544 g/mol. The van der Waals surface area contributed by atoms with Crippen LogP contribution in [0, 0.1) is 11.3 Å². The maximum absolute atomic E-state index is 12.6. The fourth-order valence-electron chi connectivity index (χ4n) is 4.93. The van der Waals surface area contributed by atoms with E-state index in [1.807, 2.05) is 43.0 Å². The largest absolute Gasteiger partial charge is 0.467 e. The van der Waals surface area contributed by atoms with Crippen LogP contribution in [0.2, 0.25) is 0 Å². The van der Waals surface area contributed by atoms with Crippen molar-refractivity contribution in [2.75, 3.05) is 70.3 Å². The first-order chi connectivity index (χ1) is 19.4. The van der Waals surface area contributed by atoms with Gasteiger partial charge in [0.1, 0.15) is 5.82 Å². The summed E-state index contributed by atoms with van der Waals surface area (Å²) in [6, 6.07) is 8.47. The van der Waals surface area contributed by atoms with Crippen molar-refractivity contribution in [3.05, 3.63) is 65.4 Å². The highest BCUT2D eigenvalue weighted by Crippen LogP contribution is 2.34. The monoisotopic (exact) mass is 543 g/mol. The second kappa shape index (κ2) is 14.8. The topological polar surface area (TPSA) is 88.8 Å². The van der Waals surface area contributed by atoms with E-state index in [0.29, 0.717) is 25.6 Å². The number of methoxy groups -OCH3 is 1. The number of carbonyl (C=O) groups is 1. The molecule has 0 saturated carbocycles. The normalized spacial score (nSPS) is 15.1. The Morgan fingerprint density at radius 1 is 1.18 bits per heavy atom. The molecule has 1 amide bonds. The molecule has 9 nitrogen and oxygen atoms in total. The number of amides is 1. The van der Waals surface area contributed by atoms with Crippen LogP contribution in [-0.2, 0) is 17.8 Å². The number of nitriles is 1. The lowest BCUT2D eigenvalue weighted by molar-refractivity contribution is -0.126.